The minimum absolute atomic E-state index is 0.141. The maximum Gasteiger partial charge on any atom is 0.227 e. The number of para-hydroxylation sites is 1. The van der Waals surface area contributed by atoms with Crippen molar-refractivity contribution < 1.29 is 14.3 Å². The summed E-state index contributed by atoms with van der Waals surface area (Å²) in [4.78, 5) is 21.7. The van der Waals surface area contributed by atoms with E-state index in [-0.39, 0.29) is 11.9 Å². The van der Waals surface area contributed by atoms with E-state index in [0.717, 1.165) is 45.7 Å². The third-order valence-corrected chi connectivity index (χ3v) is 8.19. The molecule has 2 aromatic carbocycles. The first-order valence-electron chi connectivity index (χ1n) is 11.3. The topological polar surface area (TPSA) is 51.7 Å². The van der Waals surface area contributed by atoms with Gasteiger partial charge in [0, 0.05) is 11.4 Å². The van der Waals surface area contributed by atoms with Gasteiger partial charge in [0.05, 0.1) is 36.9 Å². The number of rotatable bonds is 7. The number of hydrogen-bond donors (Lipinski definition) is 0. The van der Waals surface area contributed by atoms with Crippen LogP contribution in [0.4, 0.5) is 0 Å². The van der Waals surface area contributed by atoms with E-state index >= 15 is 0 Å². The Labute approximate surface area is 207 Å². The predicted molar refractivity (Wildman–Crippen MR) is 140 cm³/mol. The molecule has 1 saturated heterocycles. The Morgan fingerprint density at radius 2 is 1.97 bits per heavy atom. The fraction of sp³-hybridized carbons (Fsp3) is 0.259. The zero-order valence-electron chi connectivity index (χ0n) is 19.2. The van der Waals surface area contributed by atoms with Crippen LogP contribution >= 0.6 is 22.7 Å². The summed E-state index contributed by atoms with van der Waals surface area (Å²) >= 11 is 3.35. The van der Waals surface area contributed by atoms with E-state index in [4.69, 9.17) is 14.5 Å². The molecule has 0 N–H and O–H groups in total. The highest BCUT2D eigenvalue weighted by molar-refractivity contribution is 7.19. The number of hydrogen-bond acceptors (Lipinski definition) is 6. The van der Waals surface area contributed by atoms with Crippen LogP contribution in [0.3, 0.4) is 0 Å². The van der Waals surface area contributed by atoms with Crippen LogP contribution in [0.2, 0.25) is 0 Å². The van der Waals surface area contributed by atoms with Crippen molar-refractivity contribution in [1.82, 2.24) is 9.88 Å². The number of benzene rings is 2. The number of likely N-dealkylation sites (tertiary alicyclic amines) is 1. The van der Waals surface area contributed by atoms with E-state index in [9.17, 15) is 4.79 Å². The molecule has 1 atom stereocenters. The number of amides is 1. The molecule has 2 aromatic heterocycles. The van der Waals surface area contributed by atoms with Crippen LogP contribution in [-0.4, -0.2) is 36.6 Å². The molecule has 34 heavy (non-hydrogen) atoms. The number of carbonyl (C=O) groups excluding carboxylic acids is 1. The Hall–Kier alpha value is -3.16. The van der Waals surface area contributed by atoms with Crippen molar-refractivity contribution >= 4 is 50.4 Å². The van der Waals surface area contributed by atoms with Crippen molar-refractivity contribution in [1.29, 1.82) is 0 Å². The molecule has 0 saturated carbocycles. The average molecular weight is 491 g/mol. The maximum absolute atomic E-state index is 13.6. The second-order valence-electron chi connectivity index (χ2n) is 8.21. The predicted octanol–water partition coefficient (Wildman–Crippen LogP) is 6.67. The van der Waals surface area contributed by atoms with Crippen molar-refractivity contribution in [3.63, 3.8) is 0 Å². The summed E-state index contributed by atoms with van der Waals surface area (Å²) in [6, 6.07) is 18.2. The summed E-state index contributed by atoms with van der Waals surface area (Å²) in [6.45, 7) is 0.797. The molecular formula is C27H26N2O3S2. The second kappa shape index (κ2) is 9.99. The number of nitrogens with zero attached hydrogens (tertiary/aromatic N) is 2. The van der Waals surface area contributed by atoms with Crippen LogP contribution in [0.25, 0.3) is 21.9 Å². The first kappa shape index (κ1) is 22.6. The summed E-state index contributed by atoms with van der Waals surface area (Å²) in [5.74, 6) is 1.47. The van der Waals surface area contributed by atoms with Crippen LogP contribution < -0.4 is 9.47 Å². The highest BCUT2D eigenvalue weighted by atomic mass is 32.1. The van der Waals surface area contributed by atoms with Gasteiger partial charge in [0.25, 0.3) is 0 Å². The standard InChI is InChI=1S/C27H26N2O3S2/c1-31-22-12-11-18(16-23(22)32-2)15-19(27-28-20-7-3-4-9-24(20)34-27)17-26(30)29-13-5-8-21(29)25-10-6-14-33-25/h3-4,6-7,9-12,14-16,21H,5,8,13,17H2,1-2H3/b19-15-. The molecule has 1 aliphatic rings. The van der Waals surface area contributed by atoms with Crippen molar-refractivity contribution in [2.24, 2.45) is 0 Å². The zero-order valence-corrected chi connectivity index (χ0v) is 20.8. The first-order valence-corrected chi connectivity index (χ1v) is 13.0. The molecule has 1 fully saturated rings. The Balaban J connectivity index is 1.50. The highest BCUT2D eigenvalue weighted by Crippen LogP contribution is 2.37. The smallest absolute Gasteiger partial charge is 0.227 e. The van der Waals surface area contributed by atoms with E-state index in [1.807, 2.05) is 47.4 Å². The molecule has 1 amide bonds. The molecule has 0 radical (unpaired) electrons. The van der Waals surface area contributed by atoms with Crippen LogP contribution in [-0.2, 0) is 4.79 Å². The number of thiophene rings is 1. The third kappa shape index (κ3) is 4.58. The van der Waals surface area contributed by atoms with E-state index in [0.29, 0.717) is 17.9 Å². The van der Waals surface area contributed by atoms with Crippen molar-refractivity contribution in [3.05, 3.63) is 75.4 Å². The molecule has 0 bridgehead atoms. The number of fused-ring (bicyclic) bond motifs is 1. The summed E-state index contributed by atoms with van der Waals surface area (Å²) in [5, 5.41) is 2.95. The lowest BCUT2D eigenvalue weighted by molar-refractivity contribution is -0.130. The summed E-state index contributed by atoms with van der Waals surface area (Å²) < 4.78 is 12.0. The van der Waals surface area contributed by atoms with Gasteiger partial charge in [0.2, 0.25) is 5.91 Å². The lowest BCUT2D eigenvalue weighted by Gasteiger charge is -2.24. The van der Waals surface area contributed by atoms with Gasteiger partial charge in [-0.25, -0.2) is 4.98 Å². The van der Waals surface area contributed by atoms with E-state index < -0.39 is 0 Å². The summed E-state index contributed by atoms with van der Waals surface area (Å²) in [7, 11) is 3.25. The van der Waals surface area contributed by atoms with Gasteiger partial charge in [-0.15, -0.1) is 22.7 Å². The molecular weight excluding hydrogens is 464 g/mol. The van der Waals surface area contributed by atoms with Crippen molar-refractivity contribution in [2.45, 2.75) is 25.3 Å². The quantitative estimate of drug-likeness (QED) is 0.290. The normalized spacial score (nSPS) is 16.2. The molecule has 1 aliphatic heterocycles. The number of carbonyl (C=O) groups is 1. The molecule has 1 unspecified atom stereocenters. The summed E-state index contributed by atoms with van der Waals surface area (Å²) in [5.41, 5.74) is 2.80. The Morgan fingerprint density at radius 3 is 2.74 bits per heavy atom. The Kier molecular flexibility index (Phi) is 6.65. The number of methoxy groups -OCH3 is 2. The van der Waals surface area contributed by atoms with Gasteiger partial charge in [-0.05, 0) is 65.8 Å². The molecule has 0 spiro atoms. The average Bonchev–Trinajstić information content (AvgIpc) is 3.63. The second-order valence-corrected chi connectivity index (χ2v) is 10.2. The Morgan fingerprint density at radius 1 is 1.12 bits per heavy atom. The molecule has 7 heteroatoms. The SMILES string of the molecule is COc1ccc(/C=C(/CC(=O)N2CCCC2c2cccs2)c2nc3ccccc3s2)cc1OC. The monoisotopic (exact) mass is 490 g/mol. The maximum atomic E-state index is 13.6. The summed E-state index contributed by atoms with van der Waals surface area (Å²) in [6.07, 6.45) is 4.40. The Bertz CT molecular complexity index is 1290. The number of aromatic nitrogens is 1. The van der Waals surface area contributed by atoms with Gasteiger partial charge in [-0.3, -0.25) is 4.79 Å². The third-order valence-electron chi connectivity index (χ3n) is 6.10. The van der Waals surface area contributed by atoms with Crippen LogP contribution in [0.5, 0.6) is 11.5 Å². The molecule has 3 heterocycles. The van der Waals surface area contributed by atoms with Gasteiger partial charge >= 0.3 is 0 Å². The van der Waals surface area contributed by atoms with Crippen molar-refractivity contribution in [2.75, 3.05) is 20.8 Å². The number of ether oxygens (including phenoxy) is 2. The minimum Gasteiger partial charge on any atom is -0.493 e. The minimum atomic E-state index is 0.141. The fourth-order valence-corrected chi connectivity index (χ4v) is 6.30. The molecule has 0 aliphatic carbocycles. The van der Waals surface area contributed by atoms with Gasteiger partial charge in [0.15, 0.2) is 11.5 Å². The van der Waals surface area contributed by atoms with Gasteiger partial charge in [0.1, 0.15) is 5.01 Å². The van der Waals surface area contributed by atoms with Crippen LogP contribution in [0.1, 0.15) is 40.8 Å². The molecule has 5 nitrogen and oxygen atoms in total. The van der Waals surface area contributed by atoms with Crippen LogP contribution in [0.15, 0.2) is 60.0 Å². The van der Waals surface area contributed by atoms with Gasteiger partial charge < -0.3 is 14.4 Å². The van der Waals surface area contributed by atoms with E-state index in [1.54, 1.807) is 36.9 Å². The van der Waals surface area contributed by atoms with E-state index in [1.165, 1.54) is 4.88 Å². The highest BCUT2D eigenvalue weighted by Gasteiger charge is 2.31. The molecule has 174 valence electrons. The molecule has 5 rings (SSSR count). The molecule has 4 aromatic rings. The van der Waals surface area contributed by atoms with Gasteiger partial charge in [-0.2, -0.15) is 0 Å². The first-order chi connectivity index (χ1) is 16.7. The van der Waals surface area contributed by atoms with Gasteiger partial charge in [-0.1, -0.05) is 24.3 Å². The lowest BCUT2D eigenvalue weighted by atomic mass is 10.1. The fourth-order valence-electron chi connectivity index (χ4n) is 4.45. The largest absolute Gasteiger partial charge is 0.493 e. The van der Waals surface area contributed by atoms with E-state index in [2.05, 4.69) is 23.6 Å². The zero-order chi connectivity index (χ0) is 23.5. The van der Waals surface area contributed by atoms with Crippen molar-refractivity contribution in [3.8, 4) is 11.5 Å². The number of thiazole rings is 1. The van der Waals surface area contributed by atoms with Crippen LogP contribution in [0, 0.1) is 0 Å². The lowest BCUT2D eigenvalue weighted by Crippen LogP contribution is -2.30.